The maximum atomic E-state index is 10.4. The minimum absolute atomic E-state index is 0.106. The Bertz CT molecular complexity index is 446. The fourth-order valence-corrected chi connectivity index (χ4v) is 4.18. The summed E-state index contributed by atoms with van der Waals surface area (Å²) in [6.45, 7) is 7.85. The van der Waals surface area contributed by atoms with Crippen molar-refractivity contribution < 1.29 is 5.11 Å². The first-order valence-electron chi connectivity index (χ1n) is 8.10. The summed E-state index contributed by atoms with van der Waals surface area (Å²) in [4.78, 5) is 2.54. The van der Waals surface area contributed by atoms with Crippen LogP contribution in [0.25, 0.3) is 0 Å². The van der Waals surface area contributed by atoms with Crippen LogP contribution in [0.3, 0.4) is 0 Å². The van der Waals surface area contributed by atoms with Gasteiger partial charge in [-0.1, -0.05) is 38.1 Å². The number of aliphatic hydroxyl groups is 1. The van der Waals surface area contributed by atoms with E-state index in [4.69, 9.17) is 0 Å². The third-order valence-corrected chi connectivity index (χ3v) is 5.32. The molecule has 110 valence electrons. The minimum Gasteiger partial charge on any atom is -0.393 e. The van der Waals surface area contributed by atoms with Gasteiger partial charge in [0.25, 0.3) is 0 Å². The van der Waals surface area contributed by atoms with E-state index in [1.807, 2.05) is 0 Å². The second kappa shape index (κ2) is 5.87. The lowest BCUT2D eigenvalue weighted by Gasteiger charge is -2.40. The van der Waals surface area contributed by atoms with E-state index < -0.39 is 0 Å². The van der Waals surface area contributed by atoms with Crippen molar-refractivity contribution in [3.05, 3.63) is 35.4 Å². The monoisotopic (exact) mass is 273 g/mol. The molecule has 0 spiro atoms. The molecule has 1 saturated carbocycles. The highest BCUT2D eigenvalue weighted by Crippen LogP contribution is 2.35. The van der Waals surface area contributed by atoms with Gasteiger partial charge < -0.3 is 5.11 Å². The molecule has 1 aromatic rings. The first-order chi connectivity index (χ1) is 9.63. The second-order valence-electron chi connectivity index (χ2n) is 7.04. The number of hydrogen-bond donors (Lipinski definition) is 1. The van der Waals surface area contributed by atoms with E-state index >= 15 is 0 Å². The van der Waals surface area contributed by atoms with Gasteiger partial charge in [-0.15, -0.1) is 0 Å². The predicted octanol–water partition coefficient (Wildman–Crippen LogP) is 3.09. The normalized spacial score (nSPS) is 34.8. The number of aliphatic hydroxyl groups excluding tert-OH is 1. The predicted molar refractivity (Wildman–Crippen MR) is 82.5 cm³/mol. The van der Waals surface area contributed by atoms with E-state index in [2.05, 4.69) is 43.0 Å². The zero-order chi connectivity index (χ0) is 14.1. The van der Waals surface area contributed by atoms with Crippen molar-refractivity contribution in [3.8, 4) is 0 Å². The summed E-state index contributed by atoms with van der Waals surface area (Å²) in [6, 6.07) is 8.79. The molecule has 0 bridgehead atoms. The Morgan fingerprint density at radius 3 is 2.65 bits per heavy atom. The third-order valence-electron chi connectivity index (χ3n) is 5.32. The zero-order valence-electron chi connectivity index (χ0n) is 12.8. The standard InChI is InChI=1S/C18H27NO/c1-13-9-14(2)17(18(20)10-13)12-19-8-7-15-5-3-4-6-16(15)11-19/h3-6,13-14,17-18,20H,7-12H2,1-2H3. The Morgan fingerprint density at radius 1 is 1.15 bits per heavy atom. The molecule has 1 aliphatic carbocycles. The lowest BCUT2D eigenvalue weighted by molar-refractivity contribution is -0.00408. The molecule has 1 heterocycles. The average Bonchev–Trinajstić information content (AvgIpc) is 2.42. The van der Waals surface area contributed by atoms with Crippen LogP contribution in [0.4, 0.5) is 0 Å². The highest BCUT2D eigenvalue weighted by atomic mass is 16.3. The molecule has 20 heavy (non-hydrogen) atoms. The molecule has 0 radical (unpaired) electrons. The van der Waals surface area contributed by atoms with E-state index in [0.29, 0.717) is 17.8 Å². The molecular weight excluding hydrogens is 246 g/mol. The van der Waals surface area contributed by atoms with E-state index in [1.165, 1.54) is 17.5 Å². The van der Waals surface area contributed by atoms with Crippen LogP contribution in [0.2, 0.25) is 0 Å². The third kappa shape index (κ3) is 2.91. The number of nitrogens with zero attached hydrogens (tertiary/aromatic N) is 1. The van der Waals surface area contributed by atoms with Crippen molar-refractivity contribution in [2.75, 3.05) is 13.1 Å². The van der Waals surface area contributed by atoms with Crippen LogP contribution in [-0.4, -0.2) is 29.2 Å². The van der Waals surface area contributed by atoms with Crippen molar-refractivity contribution >= 4 is 0 Å². The maximum Gasteiger partial charge on any atom is 0.0585 e. The molecule has 4 unspecified atom stereocenters. The van der Waals surface area contributed by atoms with Gasteiger partial charge in [0.15, 0.2) is 0 Å². The molecule has 0 amide bonds. The molecule has 1 aromatic carbocycles. The highest BCUT2D eigenvalue weighted by Gasteiger charge is 2.34. The van der Waals surface area contributed by atoms with Gasteiger partial charge in [0.05, 0.1) is 6.10 Å². The van der Waals surface area contributed by atoms with E-state index in [9.17, 15) is 5.11 Å². The molecular formula is C18H27NO. The van der Waals surface area contributed by atoms with E-state index in [-0.39, 0.29) is 6.10 Å². The Morgan fingerprint density at radius 2 is 1.90 bits per heavy atom. The average molecular weight is 273 g/mol. The van der Waals surface area contributed by atoms with Gasteiger partial charge in [0.1, 0.15) is 0 Å². The Labute approximate surface area is 122 Å². The quantitative estimate of drug-likeness (QED) is 0.895. The second-order valence-corrected chi connectivity index (χ2v) is 7.04. The molecule has 1 fully saturated rings. The van der Waals surface area contributed by atoms with Gasteiger partial charge >= 0.3 is 0 Å². The highest BCUT2D eigenvalue weighted by molar-refractivity contribution is 5.29. The summed E-state index contributed by atoms with van der Waals surface area (Å²) in [7, 11) is 0. The van der Waals surface area contributed by atoms with E-state index in [1.54, 1.807) is 0 Å². The molecule has 4 atom stereocenters. The molecule has 2 heteroatoms. The summed E-state index contributed by atoms with van der Waals surface area (Å²) >= 11 is 0. The van der Waals surface area contributed by atoms with Crippen molar-refractivity contribution in [2.45, 2.75) is 45.8 Å². The molecule has 0 saturated heterocycles. The van der Waals surface area contributed by atoms with Gasteiger partial charge in [-0.2, -0.15) is 0 Å². The van der Waals surface area contributed by atoms with Gasteiger partial charge in [0.2, 0.25) is 0 Å². The summed E-state index contributed by atoms with van der Waals surface area (Å²) < 4.78 is 0. The number of benzene rings is 1. The fourth-order valence-electron chi connectivity index (χ4n) is 4.18. The first kappa shape index (κ1) is 14.1. The van der Waals surface area contributed by atoms with Gasteiger partial charge in [-0.25, -0.2) is 0 Å². The number of fused-ring (bicyclic) bond motifs is 1. The lowest BCUT2D eigenvalue weighted by Crippen LogP contribution is -2.44. The lowest BCUT2D eigenvalue weighted by atomic mass is 9.73. The van der Waals surface area contributed by atoms with Crippen molar-refractivity contribution in [1.82, 2.24) is 4.90 Å². The van der Waals surface area contributed by atoms with E-state index in [0.717, 1.165) is 32.5 Å². The molecule has 2 aliphatic rings. The summed E-state index contributed by atoms with van der Waals surface area (Å²) in [5.41, 5.74) is 2.99. The SMILES string of the molecule is CC1CC(C)C(CN2CCc3ccccc3C2)C(O)C1. The zero-order valence-corrected chi connectivity index (χ0v) is 12.8. The van der Waals surface area contributed by atoms with Gasteiger partial charge in [0, 0.05) is 25.6 Å². The molecule has 1 aliphatic heterocycles. The maximum absolute atomic E-state index is 10.4. The minimum atomic E-state index is -0.106. The molecule has 1 N–H and O–H groups in total. The van der Waals surface area contributed by atoms with Crippen LogP contribution in [0, 0.1) is 17.8 Å². The largest absolute Gasteiger partial charge is 0.393 e. The van der Waals surface area contributed by atoms with Crippen LogP contribution in [0.1, 0.15) is 37.8 Å². The summed E-state index contributed by atoms with van der Waals surface area (Å²) in [5, 5.41) is 10.4. The Balaban J connectivity index is 1.64. The smallest absolute Gasteiger partial charge is 0.0585 e. The summed E-state index contributed by atoms with van der Waals surface area (Å²) in [6.07, 6.45) is 3.31. The van der Waals surface area contributed by atoms with Crippen LogP contribution in [0.15, 0.2) is 24.3 Å². The summed E-state index contributed by atoms with van der Waals surface area (Å²) in [5.74, 6) is 1.78. The Hall–Kier alpha value is -0.860. The number of rotatable bonds is 2. The van der Waals surface area contributed by atoms with Gasteiger partial charge in [-0.3, -0.25) is 4.90 Å². The van der Waals surface area contributed by atoms with Crippen LogP contribution < -0.4 is 0 Å². The molecule has 2 nitrogen and oxygen atoms in total. The Kier molecular flexibility index (Phi) is 4.13. The van der Waals surface area contributed by atoms with Crippen LogP contribution >= 0.6 is 0 Å². The fraction of sp³-hybridized carbons (Fsp3) is 0.667. The topological polar surface area (TPSA) is 23.5 Å². The van der Waals surface area contributed by atoms with Crippen molar-refractivity contribution in [3.63, 3.8) is 0 Å². The molecule has 0 aromatic heterocycles. The van der Waals surface area contributed by atoms with Crippen LogP contribution in [0.5, 0.6) is 0 Å². The first-order valence-corrected chi connectivity index (χ1v) is 8.10. The van der Waals surface area contributed by atoms with Crippen LogP contribution in [-0.2, 0) is 13.0 Å². The number of hydrogen-bond acceptors (Lipinski definition) is 2. The van der Waals surface area contributed by atoms with Gasteiger partial charge in [-0.05, 0) is 42.2 Å². The molecule has 3 rings (SSSR count). The van der Waals surface area contributed by atoms with Crippen molar-refractivity contribution in [1.29, 1.82) is 0 Å². The van der Waals surface area contributed by atoms with Crippen molar-refractivity contribution in [2.24, 2.45) is 17.8 Å².